The van der Waals surface area contributed by atoms with Gasteiger partial charge < -0.3 is 9.97 Å². The van der Waals surface area contributed by atoms with Crippen LogP contribution in [0.3, 0.4) is 0 Å². The van der Waals surface area contributed by atoms with Crippen LogP contribution in [-0.2, 0) is 0 Å². The molecule has 0 saturated carbocycles. The molecule has 0 atom stereocenters. The molecule has 0 aliphatic carbocycles. The Kier molecular flexibility index (Phi) is 3.61. The van der Waals surface area contributed by atoms with Crippen molar-refractivity contribution < 1.29 is 4.39 Å². The molecule has 0 unspecified atom stereocenters. The molecule has 0 saturated heterocycles. The van der Waals surface area contributed by atoms with Crippen molar-refractivity contribution in [2.45, 2.75) is 0 Å². The molecule has 0 bridgehead atoms. The van der Waals surface area contributed by atoms with E-state index in [9.17, 15) is 14.0 Å². The summed E-state index contributed by atoms with van der Waals surface area (Å²) in [5.74, 6) is -0.377. The van der Waals surface area contributed by atoms with E-state index in [1.54, 1.807) is 0 Å². The summed E-state index contributed by atoms with van der Waals surface area (Å²) in [6.07, 6.45) is 1.32. The highest BCUT2D eigenvalue weighted by Crippen LogP contribution is 2.24. The van der Waals surface area contributed by atoms with Gasteiger partial charge in [-0.25, -0.2) is 9.18 Å². The van der Waals surface area contributed by atoms with Gasteiger partial charge in [0.1, 0.15) is 11.3 Å². The van der Waals surface area contributed by atoms with Crippen LogP contribution >= 0.6 is 15.9 Å². The maximum absolute atomic E-state index is 12.9. The highest BCUT2D eigenvalue weighted by molar-refractivity contribution is 9.10. The number of H-pyrrole nitrogens is 2. The first-order valence-electron chi connectivity index (χ1n) is 7.29. The van der Waals surface area contributed by atoms with Crippen LogP contribution in [0.25, 0.3) is 21.9 Å². The highest BCUT2D eigenvalue weighted by Gasteiger charge is 2.12. The largest absolute Gasteiger partial charge is 0.350 e. The van der Waals surface area contributed by atoms with Gasteiger partial charge in [0.2, 0.25) is 0 Å². The van der Waals surface area contributed by atoms with Crippen LogP contribution in [0.1, 0.15) is 5.56 Å². The minimum Gasteiger partial charge on any atom is -0.349 e. The maximum Gasteiger partial charge on any atom is 0.350 e. The second-order valence-corrected chi connectivity index (χ2v) is 6.32. The predicted octanol–water partition coefficient (Wildman–Crippen LogP) is 2.95. The lowest BCUT2D eigenvalue weighted by atomic mass is 10.2. The molecular weight excluding hydrogens is 391 g/mol. The molecule has 0 amide bonds. The molecule has 0 fully saturated rings. The first kappa shape index (κ1) is 15.5. The van der Waals surface area contributed by atoms with E-state index in [1.165, 1.54) is 30.5 Å². The zero-order valence-corrected chi connectivity index (χ0v) is 14.2. The van der Waals surface area contributed by atoms with Crippen molar-refractivity contribution in [1.82, 2.24) is 14.6 Å². The highest BCUT2D eigenvalue weighted by atomic mass is 79.9. The second-order valence-electron chi connectivity index (χ2n) is 5.41. The van der Waals surface area contributed by atoms with E-state index in [4.69, 9.17) is 0 Å². The van der Waals surface area contributed by atoms with Crippen molar-refractivity contribution in [3.05, 3.63) is 79.2 Å². The average Bonchev–Trinajstić information content (AvgIpc) is 2.94. The van der Waals surface area contributed by atoms with Gasteiger partial charge >= 0.3 is 11.2 Å². The number of halogens is 2. The Morgan fingerprint density at radius 2 is 1.80 bits per heavy atom. The lowest BCUT2D eigenvalue weighted by molar-refractivity contribution is 0.628. The number of hydrogen-bond acceptors (Lipinski definition) is 3. The third-order valence-electron chi connectivity index (χ3n) is 3.78. The summed E-state index contributed by atoms with van der Waals surface area (Å²) in [6, 6.07) is 11.0. The Morgan fingerprint density at radius 1 is 1.04 bits per heavy atom. The summed E-state index contributed by atoms with van der Waals surface area (Å²) >= 11 is 3.37. The molecule has 2 N–H and O–H groups in total. The fourth-order valence-electron chi connectivity index (χ4n) is 2.59. The molecule has 0 aliphatic rings. The molecule has 0 aliphatic heterocycles. The van der Waals surface area contributed by atoms with Crippen molar-refractivity contribution in [3.63, 3.8) is 0 Å². The summed E-state index contributed by atoms with van der Waals surface area (Å²) < 4.78 is 14.5. The summed E-state index contributed by atoms with van der Waals surface area (Å²) in [4.78, 5) is 30.5. The lowest BCUT2D eigenvalue weighted by Gasteiger charge is -1.98. The predicted molar refractivity (Wildman–Crippen MR) is 97.8 cm³/mol. The summed E-state index contributed by atoms with van der Waals surface area (Å²) in [5, 5.41) is 4.66. The minimum absolute atomic E-state index is 0.254. The number of hydrogen-bond donors (Lipinski definition) is 2. The zero-order chi connectivity index (χ0) is 17.6. The smallest absolute Gasteiger partial charge is 0.349 e. The number of benzene rings is 2. The molecule has 2 aromatic carbocycles. The van der Waals surface area contributed by atoms with Gasteiger partial charge in [-0.3, -0.25) is 4.79 Å². The van der Waals surface area contributed by atoms with Crippen LogP contribution in [0.4, 0.5) is 4.39 Å². The van der Waals surface area contributed by atoms with E-state index in [2.05, 4.69) is 31.0 Å². The number of fused-ring (bicyclic) bond motifs is 3. The monoisotopic (exact) mass is 400 g/mol. The van der Waals surface area contributed by atoms with Gasteiger partial charge in [0.15, 0.2) is 0 Å². The molecule has 6 nitrogen and oxygen atoms in total. The van der Waals surface area contributed by atoms with Gasteiger partial charge in [0.05, 0.1) is 11.7 Å². The van der Waals surface area contributed by atoms with Gasteiger partial charge in [-0.2, -0.15) is 5.10 Å². The third kappa shape index (κ3) is 2.70. The van der Waals surface area contributed by atoms with Gasteiger partial charge in [-0.05, 0) is 35.9 Å². The quantitative estimate of drug-likeness (QED) is 0.507. The Bertz CT molecular complexity index is 1250. The van der Waals surface area contributed by atoms with Crippen LogP contribution in [0.15, 0.2) is 61.6 Å². The Morgan fingerprint density at radius 3 is 2.56 bits per heavy atom. The van der Waals surface area contributed by atoms with E-state index in [0.29, 0.717) is 11.1 Å². The van der Waals surface area contributed by atoms with E-state index < -0.39 is 11.2 Å². The zero-order valence-electron chi connectivity index (χ0n) is 12.6. The third-order valence-corrected chi connectivity index (χ3v) is 4.28. The molecule has 4 rings (SSSR count). The van der Waals surface area contributed by atoms with E-state index in [0.717, 1.165) is 20.1 Å². The Hall–Kier alpha value is -3.00. The topological polar surface area (TPSA) is 83.0 Å². The van der Waals surface area contributed by atoms with Crippen molar-refractivity contribution in [2.75, 3.05) is 0 Å². The molecule has 0 radical (unpaired) electrons. The number of nitrogens with zero attached hydrogens (tertiary/aromatic N) is 2. The Balaban J connectivity index is 1.90. The average molecular weight is 401 g/mol. The van der Waals surface area contributed by atoms with Gasteiger partial charge in [0, 0.05) is 15.4 Å². The molecule has 2 aromatic heterocycles. The van der Waals surface area contributed by atoms with Crippen molar-refractivity contribution >= 4 is 44.1 Å². The normalized spacial score (nSPS) is 11.8. The van der Waals surface area contributed by atoms with Crippen LogP contribution in [0, 0.1) is 5.82 Å². The van der Waals surface area contributed by atoms with Crippen molar-refractivity contribution in [2.24, 2.45) is 5.10 Å². The Labute approximate surface area is 147 Å². The van der Waals surface area contributed by atoms with E-state index in [1.807, 2.05) is 18.2 Å². The number of aromatic amines is 2. The summed E-state index contributed by atoms with van der Waals surface area (Å²) in [6.45, 7) is 0. The van der Waals surface area contributed by atoms with Crippen molar-refractivity contribution in [1.29, 1.82) is 0 Å². The van der Waals surface area contributed by atoms with Gasteiger partial charge in [-0.1, -0.05) is 28.1 Å². The van der Waals surface area contributed by atoms with Gasteiger partial charge in [0.25, 0.3) is 0 Å². The van der Waals surface area contributed by atoms with E-state index in [-0.39, 0.29) is 11.3 Å². The van der Waals surface area contributed by atoms with Crippen LogP contribution in [0.5, 0.6) is 0 Å². The second kappa shape index (κ2) is 5.82. The molecular formula is C17H10BrFN4O2. The number of aromatic nitrogens is 3. The number of nitrogens with one attached hydrogen (secondary N) is 2. The summed E-state index contributed by atoms with van der Waals surface area (Å²) in [5.41, 5.74) is 0.754. The fraction of sp³-hybridized carbons (Fsp3) is 0. The molecule has 0 spiro atoms. The minimum atomic E-state index is -0.656. The molecule has 124 valence electrons. The molecule has 2 heterocycles. The van der Waals surface area contributed by atoms with Crippen LogP contribution in [-0.4, -0.2) is 20.9 Å². The fourth-order valence-corrected chi connectivity index (χ4v) is 2.95. The molecule has 4 aromatic rings. The SMILES string of the molecule is O=c1[nH]c2c([nH]c3ccc(Br)cc32)c(=O)n1N=Cc1ccc(F)cc1. The molecule has 8 heteroatoms. The summed E-state index contributed by atoms with van der Waals surface area (Å²) in [7, 11) is 0. The lowest BCUT2D eigenvalue weighted by Crippen LogP contribution is -2.32. The maximum atomic E-state index is 12.9. The standard InChI is InChI=1S/C17H10BrFN4O2/c18-10-3-6-13-12(7-10)14-15(21-13)16(24)23(17(25)22-14)20-8-9-1-4-11(19)5-2-9/h1-8,21H,(H,22,25). The van der Waals surface area contributed by atoms with Crippen molar-refractivity contribution in [3.8, 4) is 0 Å². The van der Waals surface area contributed by atoms with Crippen LogP contribution < -0.4 is 11.2 Å². The first-order valence-corrected chi connectivity index (χ1v) is 8.08. The van der Waals surface area contributed by atoms with E-state index >= 15 is 0 Å². The van der Waals surface area contributed by atoms with Crippen LogP contribution in [0.2, 0.25) is 0 Å². The number of rotatable bonds is 2. The van der Waals surface area contributed by atoms with Gasteiger partial charge in [-0.15, -0.1) is 4.68 Å². The first-order chi connectivity index (χ1) is 12.0. The molecule has 25 heavy (non-hydrogen) atoms.